The number of fused-ring (bicyclic) bond motifs is 1. The van der Waals surface area contributed by atoms with E-state index in [2.05, 4.69) is 5.32 Å². The number of Topliss-reactive ketones (excluding diaryl/α,β-unsaturated/α-hetero) is 1. The molecule has 2 aromatic carbocycles. The van der Waals surface area contributed by atoms with Crippen molar-refractivity contribution in [1.82, 2.24) is 5.32 Å². The van der Waals surface area contributed by atoms with Crippen molar-refractivity contribution in [3.8, 4) is 17.2 Å². The zero-order valence-corrected chi connectivity index (χ0v) is 16.5. The van der Waals surface area contributed by atoms with Gasteiger partial charge >= 0.3 is 0 Å². The first-order chi connectivity index (χ1) is 13.5. The van der Waals surface area contributed by atoms with Crippen molar-refractivity contribution >= 4 is 23.3 Å². The van der Waals surface area contributed by atoms with E-state index in [1.165, 1.54) is 0 Å². The summed E-state index contributed by atoms with van der Waals surface area (Å²) in [4.78, 5) is 24.4. The normalized spacial score (nSPS) is 13.5. The number of amides is 1. The lowest BCUT2D eigenvalue weighted by Crippen LogP contribution is -2.31. The van der Waals surface area contributed by atoms with Gasteiger partial charge in [-0.1, -0.05) is 24.6 Å². The number of carbonyl (C=O) groups excluding carboxylic acids is 2. The van der Waals surface area contributed by atoms with Crippen LogP contribution in [0.25, 0.3) is 0 Å². The Balaban J connectivity index is 1.61. The second-order valence-electron chi connectivity index (χ2n) is 6.40. The van der Waals surface area contributed by atoms with E-state index >= 15 is 0 Å². The van der Waals surface area contributed by atoms with Crippen LogP contribution in [0, 0.1) is 0 Å². The largest absolute Gasteiger partial charge is 0.486 e. The number of hydrogen-bond acceptors (Lipinski definition) is 5. The SMILES string of the molecule is CCC(=O)c1cc(Cl)ccc1OCC(=O)NC(C)c1ccc2c(c1)OCCO2. The van der Waals surface area contributed by atoms with Gasteiger partial charge in [-0.15, -0.1) is 0 Å². The summed E-state index contributed by atoms with van der Waals surface area (Å²) < 4.78 is 16.6. The summed E-state index contributed by atoms with van der Waals surface area (Å²) in [5.41, 5.74) is 1.27. The fourth-order valence-corrected chi connectivity index (χ4v) is 3.05. The lowest BCUT2D eigenvalue weighted by Gasteiger charge is -2.21. The minimum Gasteiger partial charge on any atom is -0.486 e. The highest BCUT2D eigenvalue weighted by atomic mass is 35.5. The standard InChI is InChI=1S/C21H22ClNO5/c1-3-17(24)16-11-15(22)5-7-18(16)28-12-21(25)23-13(2)14-4-6-19-20(10-14)27-9-8-26-19/h4-7,10-11,13H,3,8-9,12H2,1-2H3,(H,23,25). The van der Waals surface area contributed by atoms with Crippen molar-refractivity contribution in [2.45, 2.75) is 26.3 Å². The third-order valence-electron chi connectivity index (χ3n) is 4.37. The van der Waals surface area contributed by atoms with Gasteiger partial charge in [0.05, 0.1) is 11.6 Å². The molecule has 0 fully saturated rings. The molecule has 1 aliphatic heterocycles. The van der Waals surface area contributed by atoms with Crippen LogP contribution < -0.4 is 19.5 Å². The summed E-state index contributed by atoms with van der Waals surface area (Å²) in [5, 5.41) is 3.32. The van der Waals surface area contributed by atoms with Gasteiger partial charge in [0.1, 0.15) is 19.0 Å². The van der Waals surface area contributed by atoms with Crippen LogP contribution in [0.3, 0.4) is 0 Å². The molecule has 0 saturated heterocycles. The first-order valence-electron chi connectivity index (χ1n) is 9.12. The highest BCUT2D eigenvalue weighted by Gasteiger charge is 2.17. The molecule has 1 aliphatic rings. The van der Waals surface area contributed by atoms with Crippen LogP contribution in [-0.2, 0) is 4.79 Å². The Morgan fingerprint density at radius 1 is 1.14 bits per heavy atom. The smallest absolute Gasteiger partial charge is 0.258 e. The number of ketones is 1. The minimum absolute atomic E-state index is 0.0949. The van der Waals surface area contributed by atoms with Crippen molar-refractivity contribution in [3.63, 3.8) is 0 Å². The zero-order valence-electron chi connectivity index (χ0n) is 15.8. The quantitative estimate of drug-likeness (QED) is 0.708. The fourth-order valence-electron chi connectivity index (χ4n) is 2.88. The van der Waals surface area contributed by atoms with Crippen LogP contribution in [0.1, 0.15) is 42.2 Å². The Kier molecular flexibility index (Phi) is 6.41. The molecule has 148 valence electrons. The molecule has 1 atom stereocenters. The van der Waals surface area contributed by atoms with Gasteiger partial charge in [-0.05, 0) is 42.8 Å². The van der Waals surface area contributed by atoms with Gasteiger partial charge in [-0.3, -0.25) is 9.59 Å². The average molecular weight is 404 g/mol. The predicted molar refractivity (Wildman–Crippen MR) is 106 cm³/mol. The molecular formula is C21H22ClNO5. The van der Waals surface area contributed by atoms with Gasteiger partial charge in [0.25, 0.3) is 5.91 Å². The molecule has 6 nitrogen and oxygen atoms in total. The lowest BCUT2D eigenvalue weighted by molar-refractivity contribution is -0.123. The van der Waals surface area contributed by atoms with Gasteiger partial charge in [0.15, 0.2) is 23.9 Å². The third kappa shape index (κ3) is 4.75. The molecule has 0 aromatic heterocycles. The van der Waals surface area contributed by atoms with E-state index in [0.29, 0.717) is 47.5 Å². The van der Waals surface area contributed by atoms with E-state index in [0.717, 1.165) is 5.56 Å². The van der Waals surface area contributed by atoms with E-state index in [1.807, 2.05) is 25.1 Å². The van der Waals surface area contributed by atoms with Crippen LogP contribution in [0.2, 0.25) is 5.02 Å². The van der Waals surface area contributed by atoms with E-state index in [-0.39, 0.29) is 24.3 Å². The predicted octanol–water partition coefficient (Wildman–Crippen LogP) is 3.96. The third-order valence-corrected chi connectivity index (χ3v) is 4.60. The van der Waals surface area contributed by atoms with Crippen molar-refractivity contribution in [3.05, 3.63) is 52.5 Å². The van der Waals surface area contributed by atoms with Crippen molar-refractivity contribution in [1.29, 1.82) is 0 Å². The second-order valence-corrected chi connectivity index (χ2v) is 6.83. The number of carbonyl (C=O) groups is 2. The van der Waals surface area contributed by atoms with Crippen molar-refractivity contribution < 1.29 is 23.8 Å². The van der Waals surface area contributed by atoms with Crippen molar-refractivity contribution in [2.75, 3.05) is 19.8 Å². The summed E-state index contributed by atoms with van der Waals surface area (Å²) in [6.07, 6.45) is 0.323. The minimum atomic E-state index is -0.299. The summed E-state index contributed by atoms with van der Waals surface area (Å²) in [5.74, 6) is 1.32. The summed E-state index contributed by atoms with van der Waals surface area (Å²) in [7, 11) is 0. The molecule has 0 saturated carbocycles. The molecular weight excluding hydrogens is 382 g/mol. The molecule has 3 rings (SSSR count). The van der Waals surface area contributed by atoms with Gasteiger partial charge in [-0.2, -0.15) is 0 Å². The highest BCUT2D eigenvalue weighted by molar-refractivity contribution is 6.31. The number of rotatable bonds is 7. The van der Waals surface area contributed by atoms with E-state index < -0.39 is 0 Å². The zero-order chi connectivity index (χ0) is 20.1. The Hall–Kier alpha value is -2.73. The molecule has 2 aromatic rings. The highest BCUT2D eigenvalue weighted by Crippen LogP contribution is 2.32. The van der Waals surface area contributed by atoms with E-state index in [9.17, 15) is 9.59 Å². The van der Waals surface area contributed by atoms with Crippen LogP contribution >= 0.6 is 11.6 Å². The van der Waals surface area contributed by atoms with E-state index in [1.54, 1.807) is 25.1 Å². The number of hydrogen-bond donors (Lipinski definition) is 1. The number of nitrogens with one attached hydrogen (secondary N) is 1. The molecule has 1 unspecified atom stereocenters. The molecule has 7 heteroatoms. The van der Waals surface area contributed by atoms with Crippen molar-refractivity contribution in [2.24, 2.45) is 0 Å². The summed E-state index contributed by atoms with van der Waals surface area (Å²) in [6, 6.07) is 10.1. The molecule has 0 aliphatic carbocycles. The van der Waals surface area contributed by atoms with Crippen LogP contribution in [0.4, 0.5) is 0 Å². The molecule has 0 bridgehead atoms. The molecule has 1 N–H and O–H groups in total. The maximum absolute atomic E-state index is 12.3. The summed E-state index contributed by atoms with van der Waals surface area (Å²) >= 11 is 5.96. The summed E-state index contributed by atoms with van der Waals surface area (Å²) in [6.45, 7) is 4.46. The molecule has 0 radical (unpaired) electrons. The van der Waals surface area contributed by atoms with Gasteiger partial charge < -0.3 is 19.5 Å². The van der Waals surface area contributed by atoms with E-state index in [4.69, 9.17) is 25.8 Å². The second kappa shape index (κ2) is 8.97. The van der Waals surface area contributed by atoms with Gasteiger partial charge in [0, 0.05) is 11.4 Å². The number of halogens is 1. The van der Waals surface area contributed by atoms with Crippen LogP contribution in [0.15, 0.2) is 36.4 Å². The van der Waals surface area contributed by atoms with Crippen LogP contribution in [-0.4, -0.2) is 31.5 Å². The first-order valence-corrected chi connectivity index (χ1v) is 9.50. The molecule has 0 spiro atoms. The molecule has 1 heterocycles. The maximum Gasteiger partial charge on any atom is 0.258 e. The Morgan fingerprint density at radius 2 is 1.89 bits per heavy atom. The fraction of sp³-hybridized carbons (Fsp3) is 0.333. The molecule has 1 amide bonds. The Bertz CT molecular complexity index is 883. The topological polar surface area (TPSA) is 73.9 Å². The molecule has 28 heavy (non-hydrogen) atoms. The average Bonchev–Trinajstić information content (AvgIpc) is 2.71. The first kappa shape index (κ1) is 20.0. The number of benzene rings is 2. The van der Waals surface area contributed by atoms with Crippen LogP contribution in [0.5, 0.6) is 17.2 Å². The lowest BCUT2D eigenvalue weighted by atomic mass is 10.1. The van der Waals surface area contributed by atoms with Gasteiger partial charge in [-0.25, -0.2) is 0 Å². The monoisotopic (exact) mass is 403 g/mol. The Labute approximate surface area is 168 Å². The van der Waals surface area contributed by atoms with Gasteiger partial charge in [0.2, 0.25) is 0 Å². The maximum atomic E-state index is 12.3. The Morgan fingerprint density at radius 3 is 2.64 bits per heavy atom. The number of ether oxygens (including phenoxy) is 3.